The van der Waals surface area contributed by atoms with Gasteiger partial charge in [0.05, 0.1) is 27.7 Å². The van der Waals surface area contributed by atoms with Crippen LogP contribution in [0.25, 0.3) is 0 Å². The molecule has 0 fully saturated rings. The van der Waals surface area contributed by atoms with E-state index >= 15 is 0 Å². The first kappa shape index (κ1) is 82.1. The molecule has 10 heteroatoms. The highest BCUT2D eigenvalue weighted by Crippen LogP contribution is 2.38. The van der Waals surface area contributed by atoms with Gasteiger partial charge in [-0.1, -0.05) is 289 Å². The third-order valence-electron chi connectivity index (χ3n) is 14.7. The number of hydrogen-bond acceptors (Lipinski definition) is 8. The number of quaternary nitrogens is 1. The molecular weight excluding hydrogens is 1090 g/mol. The molecule has 0 amide bonds. The van der Waals surface area contributed by atoms with Crippen LogP contribution in [0.15, 0.2) is 134 Å². The zero-order chi connectivity index (χ0) is 62.6. The highest BCUT2D eigenvalue weighted by molar-refractivity contribution is 7.45. The minimum Gasteiger partial charge on any atom is -0.756 e. The molecule has 0 spiro atoms. The fourth-order valence-corrected chi connectivity index (χ4v) is 10.1. The van der Waals surface area contributed by atoms with Crippen molar-refractivity contribution in [3.63, 3.8) is 0 Å². The maximum absolute atomic E-state index is 12.9. The summed E-state index contributed by atoms with van der Waals surface area (Å²) < 4.78 is 34.3. The molecule has 0 aliphatic carbocycles. The van der Waals surface area contributed by atoms with Gasteiger partial charge in [-0.25, -0.2) is 0 Å². The van der Waals surface area contributed by atoms with Crippen LogP contribution < -0.4 is 4.89 Å². The van der Waals surface area contributed by atoms with Crippen LogP contribution in [0.1, 0.15) is 284 Å². The van der Waals surface area contributed by atoms with E-state index in [-0.39, 0.29) is 32.0 Å². The molecule has 0 N–H and O–H groups in total. The van der Waals surface area contributed by atoms with Gasteiger partial charge in [-0.15, -0.1) is 0 Å². The molecule has 0 rings (SSSR count). The number of hydrogen-bond donors (Lipinski definition) is 0. The highest BCUT2D eigenvalue weighted by Gasteiger charge is 2.22. The van der Waals surface area contributed by atoms with E-state index in [1.165, 1.54) is 141 Å². The van der Waals surface area contributed by atoms with Crippen molar-refractivity contribution in [3.8, 4) is 0 Å². The molecule has 0 aromatic heterocycles. The van der Waals surface area contributed by atoms with Crippen molar-refractivity contribution in [2.45, 2.75) is 290 Å². The topological polar surface area (TPSA) is 111 Å². The standard InChI is InChI=1S/C76H130NO8P/c1-6-8-10-12-14-16-18-20-22-24-26-28-30-31-32-33-34-35-36-37-38-39-40-41-42-43-44-45-47-49-51-53-55-57-59-61-63-65-67-69-76(79)85-74(73-84-86(80,81)83-71-70-77(3,4)5)72-82-75(78)68-66-64-62-60-58-56-54-52-50-48-46-29-27-25-23-21-19-17-15-13-11-9-7-2/h8,10,14,16,20,22,25-28,31-32,34-35,37-38,40-41,43-44,47,49,74H,6-7,9,11-13,15,17-19,21,23-24,29-30,33,36,39,42,45-46,48,50-73H2,1-5H3/b10-8-,16-14-,22-20-,27-25-,28-26-,32-31-,35-34-,38-37-,41-40-,44-43-,49-47-. The van der Waals surface area contributed by atoms with Crippen LogP contribution in [0, 0.1) is 0 Å². The van der Waals surface area contributed by atoms with Crippen molar-refractivity contribution < 1.29 is 42.1 Å². The van der Waals surface area contributed by atoms with Crippen molar-refractivity contribution in [1.82, 2.24) is 0 Å². The summed E-state index contributed by atoms with van der Waals surface area (Å²) in [5.74, 6) is -0.844. The van der Waals surface area contributed by atoms with Gasteiger partial charge in [0, 0.05) is 12.8 Å². The Kier molecular flexibility index (Phi) is 62.7. The summed E-state index contributed by atoms with van der Waals surface area (Å²) in [6.07, 6.45) is 95.2. The molecule has 0 saturated carbocycles. The zero-order valence-electron chi connectivity index (χ0n) is 56.0. The van der Waals surface area contributed by atoms with Gasteiger partial charge in [-0.3, -0.25) is 14.2 Å². The fraction of sp³-hybridized carbons (Fsp3) is 0.684. The van der Waals surface area contributed by atoms with Crippen molar-refractivity contribution in [1.29, 1.82) is 0 Å². The number of likely N-dealkylation sites (N-methyl/N-ethyl adjacent to an activating group) is 1. The second-order valence-corrected chi connectivity index (χ2v) is 25.6. The summed E-state index contributed by atoms with van der Waals surface area (Å²) in [7, 11) is 1.15. The molecule has 0 aliphatic heterocycles. The average Bonchev–Trinajstić information content (AvgIpc) is 3.56. The summed E-state index contributed by atoms with van der Waals surface area (Å²) in [4.78, 5) is 38.0. The van der Waals surface area contributed by atoms with Crippen LogP contribution in [0.5, 0.6) is 0 Å². The fourth-order valence-electron chi connectivity index (χ4n) is 9.33. The summed E-state index contributed by atoms with van der Waals surface area (Å²) >= 11 is 0. The monoisotopic (exact) mass is 1220 g/mol. The predicted molar refractivity (Wildman–Crippen MR) is 369 cm³/mol. The number of rotatable bonds is 63. The number of phosphoric ester groups is 1. The third kappa shape index (κ3) is 69.3. The Hall–Kier alpha value is -3.85. The quantitative estimate of drug-likeness (QED) is 0.0195. The second-order valence-electron chi connectivity index (χ2n) is 24.2. The van der Waals surface area contributed by atoms with Crippen LogP contribution >= 0.6 is 7.82 Å². The van der Waals surface area contributed by atoms with Gasteiger partial charge in [0.2, 0.25) is 0 Å². The molecule has 0 radical (unpaired) electrons. The largest absolute Gasteiger partial charge is 0.756 e. The summed E-state index contributed by atoms with van der Waals surface area (Å²) in [6.45, 7) is 4.13. The number of allylic oxidation sites excluding steroid dienone is 22. The van der Waals surface area contributed by atoms with Crippen LogP contribution in [0.2, 0.25) is 0 Å². The Morgan fingerprint density at radius 3 is 1.00 bits per heavy atom. The van der Waals surface area contributed by atoms with Gasteiger partial charge in [-0.05, 0) is 116 Å². The Labute approximate surface area is 530 Å². The Balaban J connectivity index is 4.12. The molecule has 9 nitrogen and oxygen atoms in total. The van der Waals surface area contributed by atoms with Crippen LogP contribution in [-0.4, -0.2) is 70.0 Å². The van der Waals surface area contributed by atoms with Crippen LogP contribution in [-0.2, 0) is 32.7 Å². The number of nitrogens with zero attached hydrogens (tertiary/aromatic N) is 1. The van der Waals surface area contributed by atoms with Gasteiger partial charge < -0.3 is 27.9 Å². The maximum Gasteiger partial charge on any atom is 0.306 e. The number of phosphoric acid groups is 1. The SMILES string of the molecule is CC/C=C\C/C=C\C/C=C\C/C=C\C/C=C\C/C=C\C/C=C\C/C=C\C/C=C\C/C=C\CCCCCCCCCCC(=O)OC(COC(=O)CCCCCCCCCCCCC/C=C\CCCCCCCCCC)COP(=O)([O-])OCC[N+](C)(C)C. The van der Waals surface area contributed by atoms with Gasteiger partial charge in [0.25, 0.3) is 7.82 Å². The van der Waals surface area contributed by atoms with E-state index in [2.05, 4.69) is 148 Å². The molecule has 2 unspecified atom stereocenters. The predicted octanol–water partition coefficient (Wildman–Crippen LogP) is 22.2. The summed E-state index contributed by atoms with van der Waals surface area (Å²) in [5.41, 5.74) is 0. The van der Waals surface area contributed by atoms with Crippen molar-refractivity contribution in [2.75, 3.05) is 47.5 Å². The molecule has 0 aliphatic rings. The zero-order valence-corrected chi connectivity index (χ0v) is 56.9. The first-order valence-corrected chi connectivity index (χ1v) is 36.4. The summed E-state index contributed by atoms with van der Waals surface area (Å²) in [5, 5.41) is 0. The molecule has 0 bridgehead atoms. The Morgan fingerprint density at radius 1 is 0.372 bits per heavy atom. The van der Waals surface area contributed by atoms with E-state index in [9.17, 15) is 19.0 Å². The third-order valence-corrected chi connectivity index (χ3v) is 15.6. The summed E-state index contributed by atoms with van der Waals surface area (Å²) in [6, 6.07) is 0. The average molecular weight is 1220 g/mol. The molecule has 0 aromatic carbocycles. The Morgan fingerprint density at radius 2 is 0.663 bits per heavy atom. The van der Waals surface area contributed by atoms with Gasteiger partial charge in [-0.2, -0.15) is 0 Å². The van der Waals surface area contributed by atoms with E-state index in [1.54, 1.807) is 0 Å². The maximum atomic E-state index is 12.9. The lowest BCUT2D eigenvalue weighted by molar-refractivity contribution is -0.870. The van der Waals surface area contributed by atoms with E-state index in [0.29, 0.717) is 17.4 Å². The van der Waals surface area contributed by atoms with Crippen LogP contribution in [0.3, 0.4) is 0 Å². The number of carbonyl (C=O) groups is 2. The normalized spacial score (nSPS) is 14.0. The molecule has 492 valence electrons. The van der Waals surface area contributed by atoms with Crippen molar-refractivity contribution >= 4 is 19.8 Å². The number of esters is 2. The Bertz CT molecular complexity index is 1910. The van der Waals surface area contributed by atoms with Gasteiger partial charge >= 0.3 is 11.9 Å². The lowest BCUT2D eigenvalue weighted by Crippen LogP contribution is -2.37. The minimum absolute atomic E-state index is 0.0381. The van der Waals surface area contributed by atoms with E-state index < -0.39 is 26.5 Å². The number of ether oxygens (including phenoxy) is 2. The molecular formula is C76H130NO8P. The highest BCUT2D eigenvalue weighted by atomic mass is 31.2. The van der Waals surface area contributed by atoms with Gasteiger partial charge in [0.15, 0.2) is 6.10 Å². The van der Waals surface area contributed by atoms with Crippen molar-refractivity contribution in [3.05, 3.63) is 134 Å². The van der Waals surface area contributed by atoms with E-state index in [1.807, 2.05) is 21.1 Å². The second kappa shape index (κ2) is 65.6. The minimum atomic E-state index is -4.65. The molecule has 86 heavy (non-hydrogen) atoms. The van der Waals surface area contributed by atoms with Gasteiger partial charge in [0.1, 0.15) is 19.8 Å². The van der Waals surface area contributed by atoms with E-state index in [4.69, 9.17) is 18.5 Å². The molecule has 0 heterocycles. The van der Waals surface area contributed by atoms with E-state index in [0.717, 1.165) is 109 Å². The molecule has 0 aromatic rings. The smallest absolute Gasteiger partial charge is 0.306 e. The first-order chi connectivity index (χ1) is 42.0. The van der Waals surface area contributed by atoms with Crippen LogP contribution in [0.4, 0.5) is 0 Å². The first-order valence-electron chi connectivity index (χ1n) is 34.9. The number of carbonyl (C=O) groups excluding carboxylic acids is 2. The lowest BCUT2D eigenvalue weighted by atomic mass is 10.0. The molecule has 0 saturated heterocycles. The lowest BCUT2D eigenvalue weighted by Gasteiger charge is -2.28. The van der Waals surface area contributed by atoms with Crippen molar-refractivity contribution in [2.24, 2.45) is 0 Å². The number of unbranched alkanes of at least 4 members (excludes halogenated alkanes) is 27. The molecule has 2 atom stereocenters.